The summed E-state index contributed by atoms with van der Waals surface area (Å²) in [4.78, 5) is 0.467. The number of nitrogens with two attached hydrogens (primary N) is 1. The molecule has 1 aromatic heterocycles. The van der Waals surface area contributed by atoms with E-state index in [1.807, 2.05) is 12.1 Å². The van der Waals surface area contributed by atoms with Crippen molar-refractivity contribution in [2.45, 2.75) is 33.7 Å². The zero-order valence-electron chi connectivity index (χ0n) is 11.2. The average Bonchev–Trinajstić information content (AvgIpc) is 2.68. The number of fused-ring (bicyclic) bond motifs is 1. The lowest BCUT2D eigenvalue weighted by Gasteiger charge is -2.18. The van der Waals surface area contributed by atoms with Gasteiger partial charge in [-0.25, -0.2) is 0 Å². The van der Waals surface area contributed by atoms with Crippen molar-refractivity contribution in [2.75, 3.05) is 0 Å². The van der Waals surface area contributed by atoms with E-state index in [2.05, 4.69) is 43.7 Å². The van der Waals surface area contributed by atoms with E-state index < -0.39 is 0 Å². The second-order valence-corrected chi connectivity index (χ2v) is 6.36. The first-order valence-electron chi connectivity index (χ1n) is 6.26. The summed E-state index contributed by atoms with van der Waals surface area (Å²) in [5.74, 6) is 0. The van der Waals surface area contributed by atoms with Crippen LogP contribution in [0, 0.1) is 5.41 Å². The lowest BCUT2D eigenvalue weighted by atomic mass is 9.92. The quantitative estimate of drug-likeness (QED) is 0.853. The molecule has 2 nitrogen and oxygen atoms in total. The monoisotopic (exact) mass is 260 g/mol. The highest BCUT2D eigenvalue weighted by Crippen LogP contribution is 2.24. The maximum Gasteiger partial charge on any atom is 0.104 e. The average molecular weight is 260 g/mol. The van der Waals surface area contributed by atoms with Gasteiger partial charge in [-0.3, -0.25) is 0 Å². The van der Waals surface area contributed by atoms with Gasteiger partial charge >= 0.3 is 0 Å². The van der Waals surface area contributed by atoms with E-state index in [9.17, 15) is 0 Å². The topological polar surface area (TPSA) is 30.9 Å². The number of aryl methyl sites for hydroxylation is 1. The largest absolute Gasteiger partial charge is 0.389 e. The Morgan fingerprint density at radius 2 is 2.00 bits per heavy atom. The highest BCUT2D eigenvalue weighted by molar-refractivity contribution is 7.80. The molecule has 2 aromatic rings. The predicted molar refractivity (Wildman–Crippen MR) is 81.9 cm³/mol. The van der Waals surface area contributed by atoms with Crippen molar-refractivity contribution < 1.29 is 0 Å². The molecule has 0 aliphatic carbocycles. The van der Waals surface area contributed by atoms with Crippen LogP contribution in [0.5, 0.6) is 0 Å². The first-order chi connectivity index (χ1) is 8.38. The minimum atomic E-state index is 0.345. The molecular weight excluding hydrogens is 240 g/mol. The zero-order valence-corrected chi connectivity index (χ0v) is 12.1. The molecule has 2 rings (SSSR count). The summed E-state index contributed by atoms with van der Waals surface area (Å²) in [6.07, 6.45) is 3.27. The van der Waals surface area contributed by atoms with Gasteiger partial charge in [0.1, 0.15) is 4.99 Å². The highest BCUT2D eigenvalue weighted by atomic mass is 32.1. The molecule has 0 aliphatic heterocycles. The molecule has 1 heterocycles. The number of nitrogens with zero attached hydrogens (tertiary/aromatic N) is 1. The standard InChI is InChI=1S/C15H20N2S/c1-15(2,3)8-10-17-9-7-11-12(14(16)18)5-4-6-13(11)17/h4-7,9H,8,10H2,1-3H3,(H2,16,18). The van der Waals surface area contributed by atoms with Crippen LogP contribution in [0.3, 0.4) is 0 Å². The van der Waals surface area contributed by atoms with Crippen molar-refractivity contribution in [2.24, 2.45) is 11.1 Å². The van der Waals surface area contributed by atoms with Crippen molar-refractivity contribution in [3.05, 3.63) is 36.0 Å². The van der Waals surface area contributed by atoms with Gasteiger partial charge in [0, 0.05) is 29.2 Å². The summed E-state index contributed by atoms with van der Waals surface area (Å²) < 4.78 is 2.28. The lowest BCUT2D eigenvalue weighted by Crippen LogP contribution is -2.11. The number of hydrogen-bond donors (Lipinski definition) is 1. The normalized spacial score (nSPS) is 11.9. The lowest BCUT2D eigenvalue weighted by molar-refractivity contribution is 0.353. The molecule has 1 aromatic carbocycles. The Hall–Kier alpha value is -1.35. The minimum absolute atomic E-state index is 0.345. The van der Waals surface area contributed by atoms with Crippen LogP contribution < -0.4 is 5.73 Å². The molecule has 0 saturated carbocycles. The number of hydrogen-bond acceptors (Lipinski definition) is 1. The Morgan fingerprint density at radius 1 is 1.28 bits per heavy atom. The van der Waals surface area contributed by atoms with E-state index >= 15 is 0 Å². The molecule has 18 heavy (non-hydrogen) atoms. The summed E-state index contributed by atoms with van der Waals surface area (Å²) in [7, 11) is 0. The fourth-order valence-electron chi connectivity index (χ4n) is 2.09. The van der Waals surface area contributed by atoms with Crippen LogP contribution in [-0.2, 0) is 6.54 Å². The first-order valence-corrected chi connectivity index (χ1v) is 6.67. The number of benzene rings is 1. The molecule has 0 aliphatic rings. The summed E-state index contributed by atoms with van der Waals surface area (Å²) in [6, 6.07) is 8.23. The molecule has 0 spiro atoms. The van der Waals surface area contributed by atoms with Gasteiger partial charge in [0.25, 0.3) is 0 Å². The highest BCUT2D eigenvalue weighted by Gasteiger charge is 2.12. The Kier molecular flexibility index (Phi) is 3.44. The van der Waals surface area contributed by atoms with Crippen LogP contribution in [-0.4, -0.2) is 9.56 Å². The predicted octanol–water partition coefficient (Wildman–Crippen LogP) is 3.71. The molecular formula is C15H20N2S. The Labute approximate surface area is 114 Å². The molecule has 0 unspecified atom stereocenters. The fraction of sp³-hybridized carbons (Fsp3) is 0.400. The number of rotatable bonds is 3. The SMILES string of the molecule is CC(C)(C)CCn1ccc2c(C(N)=S)cccc21. The van der Waals surface area contributed by atoms with Crippen LogP contribution in [0.1, 0.15) is 32.8 Å². The smallest absolute Gasteiger partial charge is 0.104 e. The van der Waals surface area contributed by atoms with Gasteiger partial charge in [0.2, 0.25) is 0 Å². The van der Waals surface area contributed by atoms with Crippen LogP contribution in [0.4, 0.5) is 0 Å². The molecule has 0 radical (unpaired) electrons. The summed E-state index contributed by atoms with van der Waals surface area (Å²) in [5, 5.41) is 1.15. The fourth-order valence-corrected chi connectivity index (χ4v) is 2.27. The molecule has 3 heteroatoms. The molecule has 0 saturated heterocycles. The van der Waals surface area contributed by atoms with E-state index in [1.54, 1.807) is 0 Å². The summed E-state index contributed by atoms with van der Waals surface area (Å²) in [6.45, 7) is 7.81. The third-order valence-corrected chi connectivity index (χ3v) is 3.40. The Bertz CT molecular complexity index is 576. The van der Waals surface area contributed by atoms with Crippen molar-refractivity contribution in [3.63, 3.8) is 0 Å². The van der Waals surface area contributed by atoms with Crippen molar-refractivity contribution >= 4 is 28.1 Å². The van der Waals surface area contributed by atoms with Crippen molar-refractivity contribution in [1.29, 1.82) is 0 Å². The van der Waals surface area contributed by atoms with Gasteiger partial charge in [-0.1, -0.05) is 45.1 Å². The molecule has 0 atom stereocenters. The van der Waals surface area contributed by atoms with Gasteiger partial charge in [-0.2, -0.15) is 0 Å². The van der Waals surface area contributed by atoms with Gasteiger partial charge < -0.3 is 10.3 Å². The van der Waals surface area contributed by atoms with Gasteiger partial charge in [0.05, 0.1) is 0 Å². The molecule has 0 bridgehead atoms. The Balaban J connectivity index is 2.37. The molecule has 0 amide bonds. The van der Waals surface area contributed by atoms with Crippen LogP contribution in [0.2, 0.25) is 0 Å². The van der Waals surface area contributed by atoms with Crippen LogP contribution in [0.15, 0.2) is 30.5 Å². The van der Waals surface area contributed by atoms with E-state index in [4.69, 9.17) is 18.0 Å². The van der Waals surface area contributed by atoms with Crippen molar-refractivity contribution in [1.82, 2.24) is 4.57 Å². The number of aromatic nitrogens is 1. The third-order valence-electron chi connectivity index (χ3n) is 3.18. The molecule has 96 valence electrons. The maximum absolute atomic E-state index is 5.75. The van der Waals surface area contributed by atoms with E-state index in [0.29, 0.717) is 10.4 Å². The van der Waals surface area contributed by atoms with E-state index in [1.165, 1.54) is 5.52 Å². The second-order valence-electron chi connectivity index (χ2n) is 5.92. The van der Waals surface area contributed by atoms with Gasteiger partial charge in [0.15, 0.2) is 0 Å². The number of thiocarbonyl (C=S) groups is 1. The maximum atomic E-state index is 5.75. The third kappa shape index (κ3) is 2.72. The van der Waals surface area contributed by atoms with Gasteiger partial charge in [-0.15, -0.1) is 0 Å². The molecule has 0 fully saturated rings. The summed E-state index contributed by atoms with van der Waals surface area (Å²) in [5.41, 5.74) is 8.28. The van der Waals surface area contributed by atoms with E-state index in [0.717, 1.165) is 23.9 Å². The minimum Gasteiger partial charge on any atom is -0.389 e. The van der Waals surface area contributed by atoms with E-state index in [-0.39, 0.29) is 0 Å². The van der Waals surface area contributed by atoms with Crippen LogP contribution >= 0.6 is 12.2 Å². The first kappa shape index (κ1) is 13.1. The Morgan fingerprint density at radius 3 is 2.61 bits per heavy atom. The molecule has 2 N–H and O–H groups in total. The summed E-state index contributed by atoms with van der Waals surface area (Å²) >= 11 is 5.09. The van der Waals surface area contributed by atoms with Crippen molar-refractivity contribution in [3.8, 4) is 0 Å². The van der Waals surface area contributed by atoms with Crippen LogP contribution in [0.25, 0.3) is 10.9 Å². The van der Waals surface area contributed by atoms with Gasteiger partial charge in [-0.05, 0) is 24.0 Å². The zero-order chi connectivity index (χ0) is 13.3. The second kappa shape index (κ2) is 4.73.